The number of hydrogen-bond donors (Lipinski definition) is 1. The van der Waals surface area contributed by atoms with Crippen LogP contribution in [0.2, 0.25) is 0 Å². The zero-order chi connectivity index (χ0) is 9.40. The van der Waals surface area contributed by atoms with Crippen molar-refractivity contribution in [1.29, 1.82) is 0 Å². The number of carbonyl (C=O) groups excluding carboxylic acids is 1. The van der Waals surface area contributed by atoms with Gasteiger partial charge in [-0.15, -0.1) is 6.58 Å². The zero-order valence-corrected chi connectivity index (χ0v) is 7.80. The maximum Gasteiger partial charge on any atom is 0.220 e. The molecule has 70 valence electrons. The molecule has 0 aliphatic rings. The number of nitrogens with one attached hydrogen (secondary N) is 1. The van der Waals surface area contributed by atoms with E-state index in [0.717, 1.165) is 0 Å². The van der Waals surface area contributed by atoms with Crippen LogP contribution in [0.5, 0.6) is 0 Å². The van der Waals surface area contributed by atoms with Crippen molar-refractivity contribution in [3.8, 4) is 0 Å². The second-order valence-electron chi connectivity index (χ2n) is 2.86. The fraction of sp³-hybridized carbons (Fsp3) is 0.667. The van der Waals surface area contributed by atoms with E-state index < -0.39 is 0 Å². The van der Waals surface area contributed by atoms with Gasteiger partial charge in [-0.1, -0.05) is 13.0 Å². The van der Waals surface area contributed by atoms with E-state index in [4.69, 9.17) is 4.74 Å². The van der Waals surface area contributed by atoms with Crippen LogP contribution in [0.4, 0.5) is 0 Å². The van der Waals surface area contributed by atoms with Gasteiger partial charge >= 0.3 is 0 Å². The summed E-state index contributed by atoms with van der Waals surface area (Å²) in [7, 11) is 1.64. The van der Waals surface area contributed by atoms with Gasteiger partial charge in [-0.25, -0.2) is 0 Å². The van der Waals surface area contributed by atoms with Crippen LogP contribution in [0.3, 0.4) is 0 Å². The molecule has 0 aromatic carbocycles. The number of hydrogen-bond acceptors (Lipinski definition) is 2. The lowest BCUT2D eigenvalue weighted by atomic mass is 10.1. The Morgan fingerprint density at radius 2 is 2.42 bits per heavy atom. The molecule has 0 aromatic heterocycles. The van der Waals surface area contributed by atoms with Crippen LogP contribution in [0.1, 0.15) is 13.3 Å². The number of rotatable bonds is 6. The van der Waals surface area contributed by atoms with Gasteiger partial charge in [0.25, 0.3) is 0 Å². The molecule has 0 bridgehead atoms. The largest absolute Gasteiger partial charge is 0.384 e. The Bertz CT molecular complexity index is 145. The topological polar surface area (TPSA) is 38.3 Å². The molecule has 0 saturated heterocycles. The minimum absolute atomic E-state index is 0.0550. The molecule has 0 spiro atoms. The Morgan fingerprint density at radius 1 is 1.75 bits per heavy atom. The Kier molecular flexibility index (Phi) is 6.38. The van der Waals surface area contributed by atoms with Crippen molar-refractivity contribution in [2.45, 2.75) is 13.3 Å². The minimum atomic E-state index is 0.0550. The summed E-state index contributed by atoms with van der Waals surface area (Å²) in [6.07, 6.45) is 2.18. The monoisotopic (exact) mass is 171 g/mol. The average molecular weight is 171 g/mol. The smallest absolute Gasteiger partial charge is 0.220 e. The van der Waals surface area contributed by atoms with E-state index in [-0.39, 0.29) is 11.8 Å². The summed E-state index contributed by atoms with van der Waals surface area (Å²) in [6, 6.07) is 0. The van der Waals surface area contributed by atoms with Gasteiger partial charge in [0.2, 0.25) is 5.91 Å². The Morgan fingerprint density at radius 3 is 2.92 bits per heavy atom. The molecule has 0 fully saturated rings. The van der Waals surface area contributed by atoms with Gasteiger partial charge in [0.1, 0.15) is 0 Å². The molecule has 3 nitrogen and oxygen atoms in total. The highest BCUT2D eigenvalue weighted by Gasteiger charge is 2.06. The van der Waals surface area contributed by atoms with E-state index >= 15 is 0 Å². The molecule has 1 atom stereocenters. The van der Waals surface area contributed by atoms with Crippen molar-refractivity contribution in [2.24, 2.45) is 5.92 Å². The summed E-state index contributed by atoms with van der Waals surface area (Å²) in [4.78, 5) is 11.1. The zero-order valence-electron chi connectivity index (χ0n) is 7.80. The summed E-state index contributed by atoms with van der Waals surface area (Å²) < 4.78 is 4.91. The molecule has 0 aliphatic carbocycles. The van der Waals surface area contributed by atoms with E-state index in [9.17, 15) is 4.79 Å². The van der Waals surface area contributed by atoms with Gasteiger partial charge in [-0.2, -0.15) is 0 Å². The van der Waals surface area contributed by atoms with Crippen LogP contribution in [-0.4, -0.2) is 26.2 Å². The average Bonchev–Trinajstić information content (AvgIpc) is 2.01. The molecule has 1 N–H and O–H groups in total. The number of carbonyl (C=O) groups is 1. The van der Waals surface area contributed by atoms with Crippen LogP contribution in [0.15, 0.2) is 12.7 Å². The standard InChI is InChI=1S/C9H17NO2/c1-4-5-10-9(11)6-8(2)7-12-3/h4,8H,1,5-7H2,2-3H3,(H,10,11). The predicted octanol–water partition coefficient (Wildman–Crippen LogP) is 0.961. The van der Waals surface area contributed by atoms with Crippen LogP contribution in [0, 0.1) is 5.92 Å². The Labute approximate surface area is 73.8 Å². The lowest BCUT2D eigenvalue weighted by molar-refractivity contribution is -0.122. The second kappa shape index (κ2) is 6.85. The summed E-state index contributed by atoms with van der Waals surface area (Å²) in [5, 5.41) is 2.71. The third-order valence-corrected chi connectivity index (χ3v) is 1.43. The summed E-state index contributed by atoms with van der Waals surface area (Å²) in [6.45, 7) is 6.66. The normalized spacial score (nSPS) is 12.2. The molecule has 0 radical (unpaired) electrons. The van der Waals surface area contributed by atoms with Crippen molar-refractivity contribution in [2.75, 3.05) is 20.3 Å². The molecule has 0 aliphatic heterocycles. The van der Waals surface area contributed by atoms with Crippen LogP contribution in [0.25, 0.3) is 0 Å². The fourth-order valence-corrected chi connectivity index (χ4v) is 0.918. The third-order valence-electron chi connectivity index (χ3n) is 1.43. The first-order chi connectivity index (χ1) is 5.70. The lowest BCUT2D eigenvalue weighted by Gasteiger charge is -2.08. The maximum atomic E-state index is 11.1. The van der Waals surface area contributed by atoms with E-state index in [1.165, 1.54) is 0 Å². The summed E-state index contributed by atoms with van der Waals surface area (Å²) in [5.74, 6) is 0.333. The highest BCUT2D eigenvalue weighted by atomic mass is 16.5. The molecular weight excluding hydrogens is 154 g/mol. The van der Waals surface area contributed by atoms with Gasteiger partial charge in [-0.05, 0) is 5.92 Å². The molecule has 12 heavy (non-hydrogen) atoms. The van der Waals surface area contributed by atoms with E-state index in [1.54, 1.807) is 13.2 Å². The first-order valence-corrected chi connectivity index (χ1v) is 4.07. The van der Waals surface area contributed by atoms with E-state index in [2.05, 4.69) is 11.9 Å². The molecule has 0 saturated carbocycles. The molecular formula is C9H17NO2. The Balaban J connectivity index is 3.46. The first kappa shape index (κ1) is 11.2. The number of amides is 1. The van der Waals surface area contributed by atoms with Gasteiger partial charge in [0, 0.05) is 26.7 Å². The van der Waals surface area contributed by atoms with Crippen molar-refractivity contribution >= 4 is 5.91 Å². The minimum Gasteiger partial charge on any atom is -0.384 e. The predicted molar refractivity (Wildman–Crippen MR) is 48.9 cm³/mol. The van der Waals surface area contributed by atoms with Gasteiger partial charge in [-0.3, -0.25) is 4.79 Å². The Hall–Kier alpha value is -0.830. The van der Waals surface area contributed by atoms with Crippen molar-refractivity contribution in [1.82, 2.24) is 5.32 Å². The molecule has 0 aromatic rings. The quantitative estimate of drug-likeness (QED) is 0.604. The van der Waals surface area contributed by atoms with Gasteiger partial charge < -0.3 is 10.1 Å². The fourth-order valence-electron chi connectivity index (χ4n) is 0.918. The van der Waals surface area contributed by atoms with Gasteiger partial charge in [0.05, 0.1) is 0 Å². The molecule has 3 heteroatoms. The highest BCUT2D eigenvalue weighted by molar-refractivity contribution is 5.76. The van der Waals surface area contributed by atoms with Crippen LogP contribution in [-0.2, 0) is 9.53 Å². The lowest BCUT2D eigenvalue weighted by Crippen LogP contribution is -2.25. The SMILES string of the molecule is C=CCNC(=O)CC(C)COC. The van der Waals surface area contributed by atoms with Crippen molar-refractivity contribution < 1.29 is 9.53 Å². The first-order valence-electron chi connectivity index (χ1n) is 4.07. The van der Waals surface area contributed by atoms with Crippen molar-refractivity contribution in [3.63, 3.8) is 0 Å². The number of ether oxygens (including phenoxy) is 1. The van der Waals surface area contributed by atoms with Crippen LogP contribution >= 0.6 is 0 Å². The summed E-state index contributed by atoms with van der Waals surface area (Å²) in [5.41, 5.74) is 0. The number of methoxy groups -OCH3 is 1. The highest BCUT2D eigenvalue weighted by Crippen LogP contribution is 2.00. The van der Waals surface area contributed by atoms with Crippen LogP contribution < -0.4 is 5.32 Å². The van der Waals surface area contributed by atoms with Crippen molar-refractivity contribution in [3.05, 3.63) is 12.7 Å². The maximum absolute atomic E-state index is 11.1. The molecule has 1 amide bonds. The third kappa shape index (κ3) is 5.92. The summed E-state index contributed by atoms with van der Waals surface area (Å²) >= 11 is 0. The van der Waals surface area contributed by atoms with E-state index in [0.29, 0.717) is 19.6 Å². The second-order valence-corrected chi connectivity index (χ2v) is 2.86. The van der Waals surface area contributed by atoms with E-state index in [1.807, 2.05) is 6.92 Å². The molecule has 1 unspecified atom stereocenters. The molecule has 0 rings (SSSR count). The van der Waals surface area contributed by atoms with Gasteiger partial charge in [0.15, 0.2) is 0 Å². The molecule has 0 heterocycles.